The third-order valence-electron chi connectivity index (χ3n) is 4.03. The van der Waals surface area contributed by atoms with Crippen molar-refractivity contribution in [3.63, 3.8) is 0 Å². The zero-order valence-corrected chi connectivity index (χ0v) is 13.3. The number of epoxide rings is 1. The summed E-state index contributed by atoms with van der Waals surface area (Å²) < 4.78 is 11.7. The van der Waals surface area contributed by atoms with Gasteiger partial charge in [0.15, 0.2) is 0 Å². The molecule has 0 spiro atoms. The molecule has 0 amide bonds. The minimum absolute atomic E-state index is 0.461. The molecule has 1 fully saturated rings. The van der Waals surface area contributed by atoms with Crippen molar-refractivity contribution in [1.82, 2.24) is 0 Å². The summed E-state index contributed by atoms with van der Waals surface area (Å²) in [7, 11) is 0. The van der Waals surface area contributed by atoms with Crippen LogP contribution in [0.2, 0.25) is 0 Å². The Labute approximate surface area is 123 Å². The standard InChI is InChI=1S/C18H28O2/c1-5-14(11-18-16(6-2)20-18)15-9-7-8-10-17(15)19-12-13(3)4/h7-10,13-14,16,18H,5-6,11-12H2,1-4H3. The van der Waals surface area contributed by atoms with Crippen LogP contribution in [0.15, 0.2) is 24.3 Å². The molecule has 1 aromatic carbocycles. The van der Waals surface area contributed by atoms with Crippen LogP contribution in [-0.2, 0) is 4.74 Å². The number of benzene rings is 1. The first-order valence-electron chi connectivity index (χ1n) is 8.02. The summed E-state index contributed by atoms with van der Waals surface area (Å²) in [6, 6.07) is 8.50. The average molecular weight is 276 g/mol. The van der Waals surface area contributed by atoms with Crippen LogP contribution in [0.25, 0.3) is 0 Å². The third-order valence-corrected chi connectivity index (χ3v) is 4.03. The lowest BCUT2D eigenvalue weighted by atomic mass is 9.90. The Morgan fingerprint density at radius 1 is 1.15 bits per heavy atom. The minimum atomic E-state index is 0.461. The number of hydrogen-bond donors (Lipinski definition) is 0. The summed E-state index contributed by atoms with van der Waals surface area (Å²) >= 11 is 0. The lowest BCUT2D eigenvalue weighted by Crippen LogP contribution is -2.09. The van der Waals surface area contributed by atoms with Gasteiger partial charge in [0.05, 0.1) is 18.8 Å². The molecule has 2 rings (SSSR count). The van der Waals surface area contributed by atoms with Gasteiger partial charge in [0.2, 0.25) is 0 Å². The fourth-order valence-corrected chi connectivity index (χ4v) is 2.75. The van der Waals surface area contributed by atoms with Crippen molar-refractivity contribution in [3.05, 3.63) is 29.8 Å². The molecule has 1 aliphatic heterocycles. The number of rotatable bonds is 8. The number of hydrogen-bond acceptors (Lipinski definition) is 2. The van der Waals surface area contributed by atoms with E-state index in [0.717, 1.165) is 31.6 Å². The van der Waals surface area contributed by atoms with E-state index in [1.807, 2.05) is 0 Å². The lowest BCUT2D eigenvalue weighted by molar-refractivity contribution is 0.265. The summed E-state index contributed by atoms with van der Waals surface area (Å²) in [6.07, 6.45) is 4.35. The van der Waals surface area contributed by atoms with Crippen molar-refractivity contribution in [1.29, 1.82) is 0 Å². The van der Waals surface area contributed by atoms with Gasteiger partial charge in [-0.1, -0.05) is 45.9 Å². The molecular formula is C18H28O2. The molecule has 3 unspecified atom stereocenters. The first-order valence-corrected chi connectivity index (χ1v) is 8.02. The van der Waals surface area contributed by atoms with Gasteiger partial charge in [0.25, 0.3) is 0 Å². The maximum atomic E-state index is 6.00. The van der Waals surface area contributed by atoms with Crippen LogP contribution in [0.3, 0.4) is 0 Å². The highest BCUT2D eigenvalue weighted by molar-refractivity contribution is 5.36. The van der Waals surface area contributed by atoms with Gasteiger partial charge in [0, 0.05) is 0 Å². The molecule has 1 aliphatic rings. The molecule has 0 N–H and O–H groups in total. The summed E-state index contributed by atoms with van der Waals surface area (Å²) in [4.78, 5) is 0. The zero-order valence-electron chi connectivity index (χ0n) is 13.3. The van der Waals surface area contributed by atoms with Crippen LogP contribution in [0.5, 0.6) is 5.75 Å². The summed E-state index contributed by atoms with van der Waals surface area (Å²) in [5.41, 5.74) is 1.35. The summed E-state index contributed by atoms with van der Waals surface area (Å²) in [6.45, 7) is 9.61. The average Bonchev–Trinajstić information content (AvgIpc) is 3.21. The molecule has 0 saturated carbocycles. The van der Waals surface area contributed by atoms with Crippen molar-refractivity contribution in [2.75, 3.05) is 6.61 Å². The molecular weight excluding hydrogens is 248 g/mol. The quantitative estimate of drug-likeness (QED) is 0.637. The van der Waals surface area contributed by atoms with E-state index >= 15 is 0 Å². The Bertz CT molecular complexity index is 414. The van der Waals surface area contributed by atoms with Crippen molar-refractivity contribution in [2.24, 2.45) is 5.92 Å². The fraction of sp³-hybridized carbons (Fsp3) is 0.667. The molecule has 112 valence electrons. The van der Waals surface area contributed by atoms with Gasteiger partial charge in [-0.05, 0) is 42.7 Å². The van der Waals surface area contributed by atoms with Crippen molar-refractivity contribution < 1.29 is 9.47 Å². The SMILES string of the molecule is CCC(CC1OC1CC)c1ccccc1OCC(C)C. The second-order valence-corrected chi connectivity index (χ2v) is 6.20. The molecule has 20 heavy (non-hydrogen) atoms. The number of para-hydroxylation sites is 1. The van der Waals surface area contributed by atoms with Gasteiger partial charge in [0.1, 0.15) is 5.75 Å². The zero-order chi connectivity index (χ0) is 14.5. The Morgan fingerprint density at radius 2 is 1.90 bits per heavy atom. The second kappa shape index (κ2) is 7.12. The molecule has 0 aliphatic carbocycles. The summed E-state index contributed by atoms with van der Waals surface area (Å²) in [5.74, 6) is 2.15. The van der Waals surface area contributed by atoms with E-state index in [0.29, 0.717) is 24.0 Å². The van der Waals surface area contributed by atoms with E-state index < -0.39 is 0 Å². The molecule has 1 aromatic rings. The highest BCUT2D eigenvalue weighted by Crippen LogP contribution is 2.39. The van der Waals surface area contributed by atoms with E-state index in [4.69, 9.17) is 9.47 Å². The Balaban J connectivity index is 2.04. The van der Waals surface area contributed by atoms with Crippen LogP contribution >= 0.6 is 0 Å². The molecule has 0 bridgehead atoms. The maximum Gasteiger partial charge on any atom is 0.122 e. The van der Waals surface area contributed by atoms with Crippen molar-refractivity contribution in [2.45, 2.75) is 65.1 Å². The molecule has 2 nitrogen and oxygen atoms in total. The van der Waals surface area contributed by atoms with Crippen LogP contribution in [0, 0.1) is 5.92 Å². The molecule has 2 heteroatoms. The lowest BCUT2D eigenvalue weighted by Gasteiger charge is -2.19. The third kappa shape index (κ3) is 3.99. The normalized spacial score (nSPS) is 22.9. The van der Waals surface area contributed by atoms with Gasteiger partial charge in [-0.3, -0.25) is 0 Å². The monoisotopic (exact) mass is 276 g/mol. The largest absolute Gasteiger partial charge is 0.493 e. The van der Waals surface area contributed by atoms with Crippen LogP contribution in [0.1, 0.15) is 58.4 Å². The molecule has 0 radical (unpaired) electrons. The van der Waals surface area contributed by atoms with Gasteiger partial charge in [-0.2, -0.15) is 0 Å². The van der Waals surface area contributed by atoms with E-state index in [9.17, 15) is 0 Å². The van der Waals surface area contributed by atoms with Crippen LogP contribution in [-0.4, -0.2) is 18.8 Å². The predicted octanol–water partition coefficient (Wildman–Crippen LogP) is 4.78. The van der Waals surface area contributed by atoms with Gasteiger partial charge < -0.3 is 9.47 Å². The predicted molar refractivity (Wildman–Crippen MR) is 83.4 cm³/mol. The second-order valence-electron chi connectivity index (χ2n) is 6.20. The van der Waals surface area contributed by atoms with Gasteiger partial charge in [-0.25, -0.2) is 0 Å². The van der Waals surface area contributed by atoms with E-state index in [1.54, 1.807) is 0 Å². The highest BCUT2D eigenvalue weighted by Gasteiger charge is 2.38. The Kier molecular flexibility index (Phi) is 5.47. The van der Waals surface area contributed by atoms with E-state index in [-0.39, 0.29) is 0 Å². The first-order chi connectivity index (χ1) is 9.65. The van der Waals surface area contributed by atoms with Gasteiger partial charge in [-0.15, -0.1) is 0 Å². The molecule has 3 atom stereocenters. The van der Waals surface area contributed by atoms with E-state index in [2.05, 4.69) is 52.0 Å². The van der Waals surface area contributed by atoms with Crippen LogP contribution < -0.4 is 4.74 Å². The topological polar surface area (TPSA) is 21.8 Å². The van der Waals surface area contributed by atoms with E-state index in [1.165, 1.54) is 5.56 Å². The minimum Gasteiger partial charge on any atom is -0.493 e. The smallest absolute Gasteiger partial charge is 0.122 e. The molecule has 1 saturated heterocycles. The molecule has 1 heterocycles. The van der Waals surface area contributed by atoms with Crippen LogP contribution in [0.4, 0.5) is 0 Å². The first kappa shape index (κ1) is 15.4. The summed E-state index contributed by atoms with van der Waals surface area (Å²) in [5, 5.41) is 0. The highest BCUT2D eigenvalue weighted by atomic mass is 16.6. The molecule has 0 aromatic heterocycles. The maximum absolute atomic E-state index is 6.00. The fourth-order valence-electron chi connectivity index (χ4n) is 2.75. The van der Waals surface area contributed by atoms with Crippen molar-refractivity contribution >= 4 is 0 Å². The van der Waals surface area contributed by atoms with Gasteiger partial charge >= 0.3 is 0 Å². The number of ether oxygens (including phenoxy) is 2. The van der Waals surface area contributed by atoms with Crippen molar-refractivity contribution in [3.8, 4) is 5.75 Å². The Hall–Kier alpha value is -1.02. The Morgan fingerprint density at radius 3 is 2.50 bits per heavy atom.